The van der Waals surface area contributed by atoms with Crippen molar-refractivity contribution in [2.24, 2.45) is 10.9 Å². The Morgan fingerprint density at radius 3 is 2.67 bits per heavy atom. The van der Waals surface area contributed by atoms with Crippen molar-refractivity contribution >= 4 is 35.8 Å². The fourth-order valence-electron chi connectivity index (χ4n) is 2.87. The molecule has 1 fully saturated rings. The zero-order valence-corrected chi connectivity index (χ0v) is 16.5. The molecule has 1 aromatic carbocycles. The largest absolute Gasteiger partial charge is 0.359 e. The molecule has 0 radical (unpaired) electrons. The SMILES string of the molecule is CN=C(NCc1cccc(F)c1)N1CCC(CC(=O)NC)CC1.I. The molecule has 1 amide bonds. The van der Waals surface area contributed by atoms with Gasteiger partial charge in [-0.1, -0.05) is 12.1 Å². The molecule has 0 saturated carbocycles. The van der Waals surface area contributed by atoms with Gasteiger partial charge in [0.2, 0.25) is 5.91 Å². The number of carbonyl (C=O) groups is 1. The van der Waals surface area contributed by atoms with E-state index in [4.69, 9.17) is 0 Å². The first-order valence-electron chi connectivity index (χ1n) is 8.03. The number of hydrogen-bond acceptors (Lipinski definition) is 2. The van der Waals surface area contributed by atoms with Crippen molar-refractivity contribution in [2.45, 2.75) is 25.8 Å². The van der Waals surface area contributed by atoms with Gasteiger partial charge in [0, 0.05) is 40.2 Å². The maximum absolute atomic E-state index is 13.2. The molecule has 2 N–H and O–H groups in total. The van der Waals surface area contributed by atoms with Gasteiger partial charge in [-0.3, -0.25) is 9.79 Å². The highest BCUT2D eigenvalue weighted by atomic mass is 127. The Kier molecular flexibility index (Phi) is 9.02. The third-order valence-corrected chi connectivity index (χ3v) is 4.22. The number of amides is 1. The summed E-state index contributed by atoms with van der Waals surface area (Å²) in [5.74, 6) is 1.14. The van der Waals surface area contributed by atoms with Gasteiger partial charge in [-0.25, -0.2) is 4.39 Å². The Bertz CT molecular complexity index is 559. The maximum Gasteiger partial charge on any atom is 0.220 e. The van der Waals surface area contributed by atoms with E-state index in [9.17, 15) is 9.18 Å². The smallest absolute Gasteiger partial charge is 0.220 e. The van der Waals surface area contributed by atoms with Crippen molar-refractivity contribution in [1.29, 1.82) is 0 Å². The summed E-state index contributed by atoms with van der Waals surface area (Å²) in [4.78, 5) is 18.0. The Balaban J connectivity index is 0.00000288. The number of carbonyl (C=O) groups excluding carboxylic acids is 1. The predicted molar refractivity (Wildman–Crippen MR) is 105 cm³/mol. The summed E-state index contributed by atoms with van der Waals surface area (Å²) >= 11 is 0. The van der Waals surface area contributed by atoms with Gasteiger partial charge in [0.15, 0.2) is 5.96 Å². The van der Waals surface area contributed by atoms with E-state index >= 15 is 0 Å². The average Bonchev–Trinajstić information content (AvgIpc) is 2.56. The first-order chi connectivity index (χ1) is 11.1. The topological polar surface area (TPSA) is 56.7 Å². The Morgan fingerprint density at radius 1 is 1.38 bits per heavy atom. The quantitative estimate of drug-likeness (QED) is 0.423. The summed E-state index contributed by atoms with van der Waals surface area (Å²) in [5, 5.41) is 5.96. The van der Waals surface area contributed by atoms with Crippen LogP contribution in [0.5, 0.6) is 0 Å². The van der Waals surface area contributed by atoms with E-state index < -0.39 is 0 Å². The molecule has 1 aliphatic heterocycles. The molecular formula is C17H26FIN4O. The minimum atomic E-state index is -0.227. The molecule has 24 heavy (non-hydrogen) atoms. The highest BCUT2D eigenvalue weighted by Gasteiger charge is 2.22. The molecular weight excluding hydrogens is 422 g/mol. The van der Waals surface area contributed by atoms with E-state index in [1.807, 2.05) is 6.07 Å². The molecule has 1 saturated heterocycles. The van der Waals surface area contributed by atoms with Crippen LogP contribution in [0.2, 0.25) is 0 Å². The van der Waals surface area contributed by atoms with Gasteiger partial charge in [0.25, 0.3) is 0 Å². The molecule has 0 aromatic heterocycles. The number of rotatable bonds is 4. The van der Waals surface area contributed by atoms with Crippen LogP contribution in [0.25, 0.3) is 0 Å². The molecule has 5 nitrogen and oxygen atoms in total. The molecule has 2 rings (SSSR count). The highest BCUT2D eigenvalue weighted by molar-refractivity contribution is 14.0. The molecule has 0 aliphatic carbocycles. The van der Waals surface area contributed by atoms with Gasteiger partial charge >= 0.3 is 0 Å². The third-order valence-electron chi connectivity index (χ3n) is 4.22. The molecule has 0 spiro atoms. The Morgan fingerprint density at radius 2 is 2.08 bits per heavy atom. The molecule has 0 atom stereocenters. The van der Waals surface area contributed by atoms with Gasteiger partial charge in [-0.05, 0) is 36.5 Å². The standard InChI is InChI=1S/C17H25FN4O.HI/c1-19-16(23)11-13-6-8-22(9-7-13)17(20-2)21-12-14-4-3-5-15(18)10-14;/h3-5,10,13H,6-9,11-12H2,1-2H3,(H,19,23)(H,20,21);1H. The third kappa shape index (κ3) is 6.26. The van der Waals surface area contributed by atoms with Crippen LogP contribution in [0.15, 0.2) is 29.3 Å². The van der Waals surface area contributed by atoms with Crippen LogP contribution in [0, 0.1) is 11.7 Å². The number of guanidine groups is 1. The van der Waals surface area contributed by atoms with E-state index in [0.717, 1.165) is 37.5 Å². The van der Waals surface area contributed by atoms with Gasteiger partial charge in [-0.2, -0.15) is 0 Å². The summed E-state index contributed by atoms with van der Waals surface area (Å²) in [6.07, 6.45) is 2.56. The predicted octanol–water partition coefficient (Wildman–Crippen LogP) is 2.37. The second-order valence-electron chi connectivity index (χ2n) is 5.84. The number of nitrogens with zero attached hydrogens (tertiary/aromatic N) is 2. The van der Waals surface area contributed by atoms with E-state index in [2.05, 4.69) is 20.5 Å². The van der Waals surface area contributed by atoms with Crippen LogP contribution in [-0.2, 0) is 11.3 Å². The number of nitrogens with one attached hydrogen (secondary N) is 2. The molecule has 1 aromatic rings. The number of halogens is 2. The van der Waals surface area contributed by atoms with Gasteiger partial charge in [0.1, 0.15) is 5.82 Å². The summed E-state index contributed by atoms with van der Waals surface area (Å²) in [6.45, 7) is 2.30. The monoisotopic (exact) mass is 448 g/mol. The lowest BCUT2D eigenvalue weighted by Gasteiger charge is -2.34. The normalized spacial score (nSPS) is 15.6. The second-order valence-corrected chi connectivity index (χ2v) is 5.84. The fraction of sp³-hybridized carbons (Fsp3) is 0.529. The summed E-state index contributed by atoms with van der Waals surface area (Å²) in [7, 11) is 3.43. The molecule has 0 bridgehead atoms. The van der Waals surface area contributed by atoms with Crippen LogP contribution in [0.4, 0.5) is 4.39 Å². The summed E-state index contributed by atoms with van der Waals surface area (Å²) in [6, 6.07) is 6.56. The lowest BCUT2D eigenvalue weighted by molar-refractivity contribution is -0.121. The first kappa shape index (κ1) is 20.7. The van der Waals surface area contributed by atoms with Crippen LogP contribution in [0.3, 0.4) is 0 Å². The number of piperidine rings is 1. The van der Waals surface area contributed by atoms with Crippen molar-refractivity contribution in [2.75, 3.05) is 27.2 Å². The van der Waals surface area contributed by atoms with Crippen molar-refractivity contribution in [3.05, 3.63) is 35.6 Å². The van der Waals surface area contributed by atoms with Gasteiger partial charge < -0.3 is 15.5 Å². The minimum Gasteiger partial charge on any atom is -0.359 e. The Hall–Kier alpha value is -1.38. The van der Waals surface area contributed by atoms with Crippen molar-refractivity contribution in [3.8, 4) is 0 Å². The van der Waals surface area contributed by atoms with E-state index in [0.29, 0.717) is 18.9 Å². The average molecular weight is 448 g/mol. The van der Waals surface area contributed by atoms with Crippen LogP contribution >= 0.6 is 24.0 Å². The summed E-state index contributed by atoms with van der Waals surface area (Å²) < 4.78 is 13.2. The van der Waals surface area contributed by atoms with Crippen molar-refractivity contribution < 1.29 is 9.18 Å². The minimum absolute atomic E-state index is 0. The van der Waals surface area contributed by atoms with E-state index in [1.54, 1.807) is 20.2 Å². The van der Waals surface area contributed by atoms with Crippen molar-refractivity contribution in [3.63, 3.8) is 0 Å². The molecule has 1 heterocycles. The van der Waals surface area contributed by atoms with Gasteiger partial charge in [-0.15, -0.1) is 24.0 Å². The Labute approximate surface area is 160 Å². The second kappa shape index (κ2) is 10.5. The zero-order chi connectivity index (χ0) is 16.7. The van der Waals surface area contributed by atoms with E-state index in [1.165, 1.54) is 12.1 Å². The highest BCUT2D eigenvalue weighted by Crippen LogP contribution is 2.20. The molecule has 1 aliphatic rings. The van der Waals surface area contributed by atoms with Crippen molar-refractivity contribution in [1.82, 2.24) is 15.5 Å². The molecule has 7 heteroatoms. The van der Waals surface area contributed by atoms with E-state index in [-0.39, 0.29) is 35.7 Å². The lowest BCUT2D eigenvalue weighted by Crippen LogP contribution is -2.45. The lowest BCUT2D eigenvalue weighted by atomic mass is 9.93. The van der Waals surface area contributed by atoms with Crippen LogP contribution in [-0.4, -0.2) is 44.0 Å². The first-order valence-corrected chi connectivity index (χ1v) is 8.03. The van der Waals surface area contributed by atoms with Crippen LogP contribution < -0.4 is 10.6 Å². The fourth-order valence-corrected chi connectivity index (χ4v) is 2.87. The summed E-state index contributed by atoms with van der Waals surface area (Å²) in [5.41, 5.74) is 0.889. The molecule has 134 valence electrons. The number of benzene rings is 1. The number of aliphatic imine (C=N–C) groups is 1. The number of hydrogen-bond donors (Lipinski definition) is 2. The molecule has 0 unspecified atom stereocenters. The zero-order valence-electron chi connectivity index (χ0n) is 14.2. The number of likely N-dealkylation sites (tertiary alicyclic amines) is 1. The van der Waals surface area contributed by atoms with Crippen LogP contribution in [0.1, 0.15) is 24.8 Å². The maximum atomic E-state index is 13.2. The van der Waals surface area contributed by atoms with Gasteiger partial charge in [0.05, 0.1) is 0 Å².